The van der Waals surface area contributed by atoms with Crippen LogP contribution in [0.25, 0.3) is 0 Å². The van der Waals surface area contributed by atoms with Crippen molar-refractivity contribution in [2.24, 2.45) is 0 Å². The van der Waals surface area contributed by atoms with Gasteiger partial charge in [0.2, 0.25) is 0 Å². The maximum atomic E-state index is 2.67. The molecule has 84 valence electrons. The Kier molecular flexibility index (Phi) is 4.90. The quantitative estimate of drug-likeness (QED) is 0.637. The first-order chi connectivity index (χ1) is 6.77. The van der Waals surface area contributed by atoms with Gasteiger partial charge in [0.25, 0.3) is 0 Å². The molecule has 2 saturated heterocycles. The van der Waals surface area contributed by atoms with Crippen LogP contribution in [0.2, 0.25) is 0 Å². The van der Waals surface area contributed by atoms with Crippen LogP contribution in [-0.4, -0.2) is 48.1 Å². The smallest absolute Gasteiger partial charge is 0.0224 e. The Morgan fingerprint density at radius 1 is 1.07 bits per heavy atom. The van der Waals surface area contributed by atoms with Crippen LogP contribution in [0.15, 0.2) is 0 Å². The van der Waals surface area contributed by atoms with Crippen molar-refractivity contribution in [1.82, 2.24) is 9.80 Å². The number of hydrogen-bond acceptors (Lipinski definition) is 2. The van der Waals surface area contributed by atoms with Gasteiger partial charge in [-0.1, -0.05) is 13.8 Å². The molecule has 0 bridgehead atoms. The molecule has 2 aliphatic rings. The average molecular weight is 198 g/mol. The highest BCUT2D eigenvalue weighted by molar-refractivity contribution is 4.87. The molecule has 0 radical (unpaired) electrons. The van der Waals surface area contributed by atoms with Gasteiger partial charge in [-0.2, -0.15) is 0 Å². The third kappa shape index (κ3) is 2.71. The van der Waals surface area contributed by atoms with Crippen LogP contribution < -0.4 is 0 Å². The summed E-state index contributed by atoms with van der Waals surface area (Å²) >= 11 is 0. The first-order valence-electron chi connectivity index (χ1n) is 6.25. The second kappa shape index (κ2) is 5.72. The van der Waals surface area contributed by atoms with Crippen LogP contribution >= 0.6 is 0 Å². The topological polar surface area (TPSA) is 6.48 Å². The van der Waals surface area contributed by atoms with E-state index in [0.717, 1.165) is 12.1 Å². The van der Waals surface area contributed by atoms with E-state index < -0.39 is 0 Å². The summed E-state index contributed by atoms with van der Waals surface area (Å²) in [7, 11) is 0. The minimum absolute atomic E-state index is 0.743. The van der Waals surface area contributed by atoms with E-state index in [2.05, 4.69) is 23.6 Å². The summed E-state index contributed by atoms with van der Waals surface area (Å²) in [6, 6.07) is 1.63. The molecule has 0 aromatic carbocycles. The summed E-state index contributed by atoms with van der Waals surface area (Å²) in [5.74, 6) is 0. The van der Waals surface area contributed by atoms with Crippen molar-refractivity contribution < 1.29 is 0 Å². The summed E-state index contributed by atoms with van der Waals surface area (Å²) in [5.41, 5.74) is 0. The summed E-state index contributed by atoms with van der Waals surface area (Å²) in [5, 5.41) is 0. The van der Waals surface area contributed by atoms with Gasteiger partial charge in [-0.05, 0) is 33.2 Å². The highest BCUT2D eigenvalue weighted by Gasteiger charge is 2.30. The molecule has 2 nitrogen and oxygen atoms in total. The van der Waals surface area contributed by atoms with Crippen molar-refractivity contribution in [3.05, 3.63) is 0 Å². The van der Waals surface area contributed by atoms with E-state index in [-0.39, 0.29) is 0 Å². The molecular formula is C12H26N2. The van der Waals surface area contributed by atoms with E-state index >= 15 is 0 Å². The summed E-state index contributed by atoms with van der Waals surface area (Å²) < 4.78 is 0. The Labute approximate surface area is 89.3 Å². The summed E-state index contributed by atoms with van der Waals surface area (Å²) in [6.45, 7) is 13.9. The molecule has 0 aromatic heterocycles. The Bertz CT molecular complexity index is 156. The standard InChI is InChI=1S/C10H20N2.C2H6/c1-9(2)12-7-6-11-5-3-4-10(11)8-12;1-2/h9-10H,3-8H2,1-2H3;1-2H3/t10-;/m1./s1. The molecule has 2 fully saturated rings. The minimum Gasteiger partial charge on any atom is -0.298 e. The van der Waals surface area contributed by atoms with Crippen LogP contribution in [0.1, 0.15) is 40.5 Å². The third-order valence-corrected chi connectivity index (χ3v) is 3.35. The Morgan fingerprint density at radius 2 is 1.79 bits per heavy atom. The highest BCUT2D eigenvalue weighted by Crippen LogP contribution is 2.22. The van der Waals surface area contributed by atoms with Gasteiger partial charge >= 0.3 is 0 Å². The van der Waals surface area contributed by atoms with Crippen molar-refractivity contribution >= 4 is 0 Å². The lowest BCUT2D eigenvalue weighted by Crippen LogP contribution is -2.52. The van der Waals surface area contributed by atoms with Gasteiger partial charge in [0.15, 0.2) is 0 Å². The number of nitrogens with zero attached hydrogens (tertiary/aromatic N) is 2. The molecule has 14 heavy (non-hydrogen) atoms. The lowest BCUT2D eigenvalue weighted by Gasteiger charge is -2.39. The van der Waals surface area contributed by atoms with Crippen molar-refractivity contribution in [2.75, 3.05) is 26.2 Å². The number of piperazine rings is 1. The Morgan fingerprint density at radius 3 is 2.43 bits per heavy atom. The van der Waals surface area contributed by atoms with Crippen LogP contribution in [0, 0.1) is 0 Å². The maximum absolute atomic E-state index is 2.67. The van der Waals surface area contributed by atoms with Crippen LogP contribution in [0.4, 0.5) is 0 Å². The van der Waals surface area contributed by atoms with Gasteiger partial charge < -0.3 is 0 Å². The maximum Gasteiger partial charge on any atom is 0.0224 e. The number of fused-ring (bicyclic) bond motifs is 1. The third-order valence-electron chi connectivity index (χ3n) is 3.35. The van der Waals surface area contributed by atoms with Gasteiger partial charge in [-0.3, -0.25) is 9.80 Å². The van der Waals surface area contributed by atoms with Gasteiger partial charge in [-0.25, -0.2) is 0 Å². The second-order valence-corrected chi connectivity index (χ2v) is 4.42. The van der Waals surface area contributed by atoms with Crippen molar-refractivity contribution in [3.63, 3.8) is 0 Å². The largest absolute Gasteiger partial charge is 0.298 e. The van der Waals surface area contributed by atoms with Crippen molar-refractivity contribution in [2.45, 2.75) is 52.6 Å². The average Bonchev–Trinajstić information content (AvgIpc) is 2.67. The number of rotatable bonds is 1. The van der Waals surface area contributed by atoms with E-state index in [1.807, 2.05) is 13.8 Å². The fraction of sp³-hybridized carbons (Fsp3) is 1.00. The first-order valence-corrected chi connectivity index (χ1v) is 6.25. The zero-order chi connectivity index (χ0) is 10.6. The Hall–Kier alpha value is -0.0800. The molecule has 1 atom stereocenters. The van der Waals surface area contributed by atoms with Crippen molar-refractivity contribution in [1.29, 1.82) is 0 Å². The zero-order valence-electron chi connectivity index (χ0n) is 10.3. The molecule has 2 heterocycles. The number of hydrogen-bond donors (Lipinski definition) is 0. The molecule has 0 saturated carbocycles. The molecule has 0 aliphatic carbocycles. The predicted octanol–water partition coefficient (Wildman–Crippen LogP) is 2.20. The first kappa shape index (κ1) is 12.0. The zero-order valence-corrected chi connectivity index (χ0v) is 10.3. The predicted molar refractivity (Wildman–Crippen MR) is 62.7 cm³/mol. The van der Waals surface area contributed by atoms with E-state index in [4.69, 9.17) is 0 Å². The molecule has 2 heteroatoms. The lowest BCUT2D eigenvalue weighted by molar-refractivity contribution is 0.0827. The van der Waals surface area contributed by atoms with Crippen LogP contribution in [-0.2, 0) is 0 Å². The van der Waals surface area contributed by atoms with Gasteiger partial charge in [0.05, 0.1) is 0 Å². The fourth-order valence-corrected chi connectivity index (χ4v) is 2.48. The lowest BCUT2D eigenvalue weighted by atomic mass is 10.1. The van der Waals surface area contributed by atoms with E-state index in [9.17, 15) is 0 Å². The molecule has 0 amide bonds. The second-order valence-electron chi connectivity index (χ2n) is 4.42. The SMILES string of the molecule is CC.CC(C)N1CCN2CCC[C@@H]2C1. The molecule has 0 N–H and O–H groups in total. The molecule has 0 unspecified atom stereocenters. The molecule has 2 aliphatic heterocycles. The van der Waals surface area contributed by atoms with E-state index in [1.165, 1.54) is 39.0 Å². The highest BCUT2D eigenvalue weighted by atomic mass is 15.3. The molecular weight excluding hydrogens is 172 g/mol. The van der Waals surface area contributed by atoms with Crippen LogP contribution in [0.5, 0.6) is 0 Å². The van der Waals surface area contributed by atoms with Gasteiger partial charge in [0.1, 0.15) is 0 Å². The summed E-state index contributed by atoms with van der Waals surface area (Å²) in [6.07, 6.45) is 2.86. The molecule has 0 spiro atoms. The molecule has 2 rings (SSSR count). The van der Waals surface area contributed by atoms with Gasteiger partial charge in [0, 0.05) is 31.7 Å². The van der Waals surface area contributed by atoms with Gasteiger partial charge in [-0.15, -0.1) is 0 Å². The Balaban J connectivity index is 0.000000461. The van der Waals surface area contributed by atoms with Crippen LogP contribution in [0.3, 0.4) is 0 Å². The monoisotopic (exact) mass is 198 g/mol. The van der Waals surface area contributed by atoms with Crippen molar-refractivity contribution in [3.8, 4) is 0 Å². The van der Waals surface area contributed by atoms with E-state index in [0.29, 0.717) is 0 Å². The normalized spacial score (nSPS) is 28.5. The summed E-state index contributed by atoms with van der Waals surface area (Å²) in [4.78, 5) is 5.28. The minimum atomic E-state index is 0.743. The molecule has 0 aromatic rings. The van der Waals surface area contributed by atoms with E-state index in [1.54, 1.807) is 0 Å². The fourth-order valence-electron chi connectivity index (χ4n) is 2.48.